The van der Waals surface area contributed by atoms with Gasteiger partial charge in [0.25, 0.3) is 0 Å². The van der Waals surface area contributed by atoms with E-state index < -0.39 is 10.0 Å². The van der Waals surface area contributed by atoms with Gasteiger partial charge in [0.1, 0.15) is 17.4 Å². The van der Waals surface area contributed by atoms with Crippen LogP contribution in [0.3, 0.4) is 0 Å². The molecule has 3 heterocycles. The van der Waals surface area contributed by atoms with Gasteiger partial charge in [0.05, 0.1) is 11.4 Å². The third-order valence-corrected chi connectivity index (χ3v) is 6.41. The topological polar surface area (TPSA) is 84.2 Å². The van der Waals surface area contributed by atoms with Crippen LogP contribution >= 0.6 is 0 Å². The van der Waals surface area contributed by atoms with Crippen molar-refractivity contribution >= 4 is 26.9 Å². The Morgan fingerprint density at radius 2 is 1.88 bits per heavy atom. The van der Waals surface area contributed by atoms with E-state index in [9.17, 15) is 8.42 Å². The van der Waals surface area contributed by atoms with Gasteiger partial charge in [-0.15, -0.1) is 0 Å². The summed E-state index contributed by atoms with van der Waals surface area (Å²) in [6, 6.07) is 0. The monoisotopic (exact) mass is 352 g/mol. The van der Waals surface area contributed by atoms with Crippen LogP contribution < -0.4 is 4.90 Å². The Morgan fingerprint density at radius 3 is 2.54 bits per heavy atom. The van der Waals surface area contributed by atoms with Gasteiger partial charge in [0.15, 0.2) is 5.82 Å². The van der Waals surface area contributed by atoms with E-state index >= 15 is 0 Å². The molecule has 1 fully saturated rings. The largest absolute Gasteiger partial charge is 0.352 e. The summed E-state index contributed by atoms with van der Waals surface area (Å²) in [6.45, 7) is 6.17. The fourth-order valence-electron chi connectivity index (χ4n) is 3.12. The van der Waals surface area contributed by atoms with E-state index in [0.717, 1.165) is 29.0 Å². The minimum Gasteiger partial charge on any atom is -0.352 e. The number of sulfonamides is 1. The van der Waals surface area contributed by atoms with Crippen LogP contribution in [-0.2, 0) is 17.1 Å². The van der Waals surface area contributed by atoms with E-state index in [-0.39, 0.29) is 5.75 Å². The van der Waals surface area contributed by atoms with Crippen molar-refractivity contribution in [3.05, 3.63) is 12.0 Å². The molecule has 0 saturated carbocycles. The zero-order valence-corrected chi connectivity index (χ0v) is 15.3. The Kier molecular flexibility index (Phi) is 4.73. The van der Waals surface area contributed by atoms with Gasteiger partial charge < -0.3 is 4.90 Å². The average molecular weight is 352 g/mol. The lowest BCUT2D eigenvalue weighted by Gasteiger charge is -2.34. The number of anilines is 1. The molecule has 0 atom stereocenters. The second kappa shape index (κ2) is 6.64. The van der Waals surface area contributed by atoms with E-state index in [4.69, 9.17) is 0 Å². The van der Waals surface area contributed by atoms with Crippen LogP contribution in [0, 0.1) is 6.92 Å². The molecule has 0 radical (unpaired) electrons. The highest BCUT2D eigenvalue weighted by Gasteiger charge is 2.28. The third-order valence-electron chi connectivity index (χ3n) is 4.46. The van der Waals surface area contributed by atoms with Gasteiger partial charge in [-0.05, 0) is 13.3 Å². The van der Waals surface area contributed by atoms with Crippen molar-refractivity contribution in [3.8, 4) is 0 Å². The van der Waals surface area contributed by atoms with E-state index in [1.807, 2.05) is 20.9 Å². The zero-order chi connectivity index (χ0) is 17.3. The summed E-state index contributed by atoms with van der Waals surface area (Å²) in [6.07, 6.45) is 3.15. The summed E-state index contributed by atoms with van der Waals surface area (Å²) in [5.41, 5.74) is 2.62. The molecular weight excluding hydrogens is 328 g/mol. The second-order valence-electron chi connectivity index (χ2n) is 6.16. The van der Waals surface area contributed by atoms with E-state index in [2.05, 4.69) is 20.0 Å². The van der Waals surface area contributed by atoms with Crippen molar-refractivity contribution in [2.24, 2.45) is 7.05 Å². The summed E-state index contributed by atoms with van der Waals surface area (Å²) in [7, 11) is -1.26. The van der Waals surface area contributed by atoms with Crippen molar-refractivity contribution in [3.63, 3.8) is 0 Å². The second-order valence-corrected chi connectivity index (χ2v) is 8.25. The molecule has 0 unspecified atom stereocenters. The molecule has 2 aromatic heterocycles. The predicted molar refractivity (Wildman–Crippen MR) is 93.5 cm³/mol. The molecule has 0 bridgehead atoms. The number of rotatable bonds is 5. The molecular formula is C15H24N6O2S. The number of unbranched alkanes of at least 4 members (excludes halogenated alkanes) is 1. The summed E-state index contributed by atoms with van der Waals surface area (Å²) in [5, 5.41) is 4.41. The highest BCUT2D eigenvalue weighted by Crippen LogP contribution is 2.25. The Bertz CT molecular complexity index is 824. The maximum absolute atomic E-state index is 12.3. The molecule has 132 valence electrons. The van der Waals surface area contributed by atoms with Gasteiger partial charge in [-0.1, -0.05) is 13.3 Å². The van der Waals surface area contributed by atoms with E-state index in [0.29, 0.717) is 32.6 Å². The van der Waals surface area contributed by atoms with Gasteiger partial charge >= 0.3 is 0 Å². The lowest BCUT2D eigenvalue weighted by Crippen LogP contribution is -2.49. The smallest absolute Gasteiger partial charge is 0.214 e. The molecule has 0 aromatic carbocycles. The molecule has 1 aliphatic rings. The van der Waals surface area contributed by atoms with Gasteiger partial charge in [-0.3, -0.25) is 4.68 Å². The molecule has 24 heavy (non-hydrogen) atoms. The predicted octanol–water partition coefficient (Wildman–Crippen LogP) is 0.924. The fourth-order valence-corrected chi connectivity index (χ4v) is 4.75. The molecule has 2 aromatic rings. The summed E-state index contributed by atoms with van der Waals surface area (Å²) < 4.78 is 28.0. The first-order valence-corrected chi connectivity index (χ1v) is 9.92. The maximum atomic E-state index is 12.3. The number of aryl methyl sites for hydroxylation is 2. The molecule has 0 N–H and O–H groups in total. The first kappa shape index (κ1) is 17.1. The SMILES string of the molecule is CCCCS(=O)(=O)N1CCN(c2ncnc3c(C)nn(C)c23)CC1. The molecule has 0 amide bonds. The quantitative estimate of drug-likeness (QED) is 0.796. The number of fused-ring (bicyclic) bond motifs is 1. The van der Waals surface area contributed by atoms with Gasteiger partial charge in [-0.2, -0.15) is 9.40 Å². The van der Waals surface area contributed by atoms with Crippen molar-refractivity contribution < 1.29 is 8.42 Å². The first-order chi connectivity index (χ1) is 11.4. The van der Waals surface area contributed by atoms with Gasteiger partial charge in [-0.25, -0.2) is 18.4 Å². The van der Waals surface area contributed by atoms with Crippen LogP contribution in [0.1, 0.15) is 25.5 Å². The Morgan fingerprint density at radius 1 is 1.17 bits per heavy atom. The van der Waals surface area contributed by atoms with Crippen LogP contribution in [0.15, 0.2) is 6.33 Å². The lowest BCUT2D eigenvalue weighted by atomic mass is 10.3. The van der Waals surface area contributed by atoms with Crippen LogP contribution in [0.4, 0.5) is 5.82 Å². The van der Waals surface area contributed by atoms with E-state index in [1.54, 1.807) is 15.3 Å². The van der Waals surface area contributed by atoms with Crippen molar-refractivity contribution in [2.75, 3.05) is 36.8 Å². The van der Waals surface area contributed by atoms with Crippen LogP contribution in [0.2, 0.25) is 0 Å². The number of hydrogen-bond donors (Lipinski definition) is 0. The van der Waals surface area contributed by atoms with Crippen LogP contribution in [-0.4, -0.2) is 64.4 Å². The highest BCUT2D eigenvalue weighted by atomic mass is 32.2. The molecule has 9 heteroatoms. The first-order valence-electron chi connectivity index (χ1n) is 8.31. The Hall–Kier alpha value is -1.74. The van der Waals surface area contributed by atoms with Gasteiger partial charge in [0.2, 0.25) is 10.0 Å². The van der Waals surface area contributed by atoms with Crippen LogP contribution in [0.25, 0.3) is 11.0 Å². The summed E-state index contributed by atoms with van der Waals surface area (Å²) in [5.74, 6) is 1.07. The number of aromatic nitrogens is 4. The summed E-state index contributed by atoms with van der Waals surface area (Å²) >= 11 is 0. The number of nitrogens with zero attached hydrogens (tertiary/aromatic N) is 6. The lowest BCUT2D eigenvalue weighted by molar-refractivity contribution is 0.383. The van der Waals surface area contributed by atoms with Gasteiger partial charge in [0, 0.05) is 33.2 Å². The zero-order valence-electron chi connectivity index (χ0n) is 14.4. The standard InChI is InChI=1S/C15H24N6O2S/c1-4-5-10-24(22,23)21-8-6-20(7-9-21)15-14-13(16-11-17-15)12(2)18-19(14)3/h11H,4-10H2,1-3H3. The maximum Gasteiger partial charge on any atom is 0.214 e. The number of piperazine rings is 1. The minimum atomic E-state index is -3.14. The van der Waals surface area contributed by atoms with E-state index in [1.165, 1.54) is 0 Å². The molecule has 0 aliphatic carbocycles. The van der Waals surface area contributed by atoms with Crippen molar-refractivity contribution in [2.45, 2.75) is 26.7 Å². The van der Waals surface area contributed by atoms with Crippen molar-refractivity contribution in [1.29, 1.82) is 0 Å². The van der Waals surface area contributed by atoms with Crippen molar-refractivity contribution in [1.82, 2.24) is 24.1 Å². The highest BCUT2D eigenvalue weighted by molar-refractivity contribution is 7.89. The molecule has 0 spiro atoms. The van der Waals surface area contributed by atoms with Crippen LogP contribution in [0.5, 0.6) is 0 Å². The third kappa shape index (κ3) is 3.10. The number of hydrogen-bond acceptors (Lipinski definition) is 6. The Labute approximate surface area is 142 Å². The Balaban J connectivity index is 1.78. The average Bonchev–Trinajstić information content (AvgIpc) is 2.88. The minimum absolute atomic E-state index is 0.238. The molecule has 1 saturated heterocycles. The summed E-state index contributed by atoms with van der Waals surface area (Å²) in [4.78, 5) is 10.9. The molecule has 8 nitrogen and oxygen atoms in total. The molecule has 3 rings (SSSR count). The molecule has 1 aliphatic heterocycles. The fraction of sp³-hybridized carbons (Fsp3) is 0.667. The normalized spacial score (nSPS) is 16.9.